The summed E-state index contributed by atoms with van der Waals surface area (Å²) in [6.45, 7) is 15.9. The highest BCUT2D eigenvalue weighted by molar-refractivity contribution is 5.83. The molecular formula is C33H49N3O5. The van der Waals surface area contributed by atoms with Gasteiger partial charge in [0.15, 0.2) is 6.61 Å². The fourth-order valence-electron chi connectivity index (χ4n) is 6.37. The summed E-state index contributed by atoms with van der Waals surface area (Å²) in [4.78, 5) is 32.6. The van der Waals surface area contributed by atoms with E-state index in [2.05, 4.69) is 33.8 Å². The predicted octanol–water partition coefficient (Wildman–Crippen LogP) is 6.48. The van der Waals surface area contributed by atoms with E-state index in [9.17, 15) is 9.59 Å². The average molecular weight is 568 g/mol. The first kappa shape index (κ1) is 32.1. The number of carbonyl (C=O) groups is 2. The van der Waals surface area contributed by atoms with Gasteiger partial charge in [0.05, 0.1) is 26.3 Å². The lowest BCUT2D eigenvalue weighted by Gasteiger charge is -2.38. The van der Waals surface area contributed by atoms with E-state index in [1.54, 1.807) is 19.1 Å². The lowest BCUT2D eigenvalue weighted by molar-refractivity contribution is -0.133. The third-order valence-electron chi connectivity index (χ3n) is 8.61. The summed E-state index contributed by atoms with van der Waals surface area (Å²) in [5.74, 6) is 2.44. The van der Waals surface area contributed by atoms with Crippen molar-refractivity contribution in [2.24, 2.45) is 5.92 Å². The Morgan fingerprint density at radius 1 is 1.17 bits per heavy atom. The van der Waals surface area contributed by atoms with Gasteiger partial charge in [0.2, 0.25) is 0 Å². The molecule has 2 heterocycles. The van der Waals surface area contributed by atoms with E-state index >= 15 is 0 Å². The smallest absolute Gasteiger partial charge is 0.325 e. The monoisotopic (exact) mass is 567 g/mol. The summed E-state index contributed by atoms with van der Waals surface area (Å²) in [6.07, 6.45) is 7.52. The maximum atomic E-state index is 13.9. The second-order valence-electron chi connectivity index (χ2n) is 11.1. The number of benzene rings is 1. The first-order valence-corrected chi connectivity index (χ1v) is 14.8. The Morgan fingerprint density at radius 2 is 1.88 bits per heavy atom. The van der Waals surface area contributed by atoms with Crippen LogP contribution in [0.4, 0.5) is 4.79 Å². The van der Waals surface area contributed by atoms with Crippen molar-refractivity contribution < 1.29 is 23.8 Å². The number of likely N-dealkylation sites (N-methyl/N-ethyl adjacent to an activating group) is 2. The molecule has 0 aromatic heterocycles. The predicted molar refractivity (Wildman–Crippen MR) is 163 cm³/mol. The maximum absolute atomic E-state index is 13.9. The fraction of sp³-hybridized carbons (Fsp3) is 0.576. The number of fused-ring (bicyclic) bond motifs is 2. The van der Waals surface area contributed by atoms with E-state index in [0.29, 0.717) is 37.7 Å². The number of urea groups is 1. The molecular weight excluding hydrogens is 518 g/mol. The second-order valence-corrected chi connectivity index (χ2v) is 11.1. The van der Waals surface area contributed by atoms with E-state index in [0.717, 1.165) is 40.3 Å². The summed E-state index contributed by atoms with van der Waals surface area (Å²) >= 11 is 0. The highest BCUT2D eigenvalue weighted by atomic mass is 16.5. The number of hydrogen-bond donors (Lipinski definition) is 0. The first-order chi connectivity index (χ1) is 19.5. The van der Waals surface area contributed by atoms with Crippen molar-refractivity contribution in [3.05, 3.63) is 58.5 Å². The van der Waals surface area contributed by atoms with Gasteiger partial charge in [0.25, 0.3) is 5.91 Å². The molecule has 1 aromatic carbocycles. The van der Waals surface area contributed by atoms with Gasteiger partial charge in [-0.2, -0.15) is 0 Å². The Hall–Kier alpha value is -3.42. The number of rotatable bonds is 12. The average Bonchev–Trinajstić information content (AvgIpc) is 3.07. The molecule has 1 unspecified atom stereocenters. The molecule has 1 saturated heterocycles. The number of nitrogens with zero attached hydrogens (tertiary/aromatic N) is 3. The van der Waals surface area contributed by atoms with Gasteiger partial charge < -0.3 is 24.0 Å². The van der Waals surface area contributed by atoms with Crippen LogP contribution in [-0.4, -0.2) is 73.1 Å². The number of allylic oxidation sites excluding steroid dienone is 4. The molecule has 8 heteroatoms. The van der Waals surface area contributed by atoms with Crippen LogP contribution in [0.15, 0.2) is 47.4 Å². The van der Waals surface area contributed by atoms with Crippen LogP contribution in [0.5, 0.6) is 11.5 Å². The van der Waals surface area contributed by atoms with Crippen LogP contribution < -0.4 is 9.47 Å². The SMILES string of the molecule is C/C=C(\C(=C/C)OCC(=O)N(C)CCC1(CC)C2=C[C@H](C)c3c(cc(OC)cc3OC)CN2C(=O)N1CC)C(C)C. The van der Waals surface area contributed by atoms with Crippen LogP contribution in [0.3, 0.4) is 0 Å². The van der Waals surface area contributed by atoms with E-state index in [4.69, 9.17) is 14.2 Å². The van der Waals surface area contributed by atoms with Gasteiger partial charge >= 0.3 is 6.03 Å². The maximum Gasteiger partial charge on any atom is 0.325 e. The number of ether oxygens (including phenoxy) is 3. The van der Waals surface area contributed by atoms with E-state index < -0.39 is 5.54 Å². The molecule has 2 atom stereocenters. The van der Waals surface area contributed by atoms with E-state index in [1.807, 2.05) is 61.9 Å². The van der Waals surface area contributed by atoms with Gasteiger partial charge in [-0.25, -0.2) is 4.79 Å². The van der Waals surface area contributed by atoms with Gasteiger partial charge in [0, 0.05) is 43.4 Å². The quantitative estimate of drug-likeness (QED) is 0.214. The van der Waals surface area contributed by atoms with Crippen LogP contribution in [0.25, 0.3) is 0 Å². The molecule has 3 rings (SSSR count). The molecule has 2 aliphatic heterocycles. The normalized spacial score (nSPS) is 20.9. The topological polar surface area (TPSA) is 71.5 Å². The fourth-order valence-corrected chi connectivity index (χ4v) is 6.37. The molecule has 41 heavy (non-hydrogen) atoms. The van der Waals surface area contributed by atoms with Gasteiger partial charge in [0.1, 0.15) is 17.3 Å². The third kappa shape index (κ3) is 6.11. The van der Waals surface area contributed by atoms with Gasteiger partial charge in [-0.3, -0.25) is 9.69 Å². The van der Waals surface area contributed by atoms with Crippen molar-refractivity contribution in [3.63, 3.8) is 0 Å². The molecule has 0 aliphatic carbocycles. The van der Waals surface area contributed by atoms with Crippen LogP contribution >= 0.6 is 0 Å². The molecule has 0 spiro atoms. The minimum absolute atomic E-state index is 0.00922. The lowest BCUT2D eigenvalue weighted by atomic mass is 9.85. The number of hydrogen-bond acceptors (Lipinski definition) is 5. The largest absolute Gasteiger partial charge is 0.497 e. The molecule has 8 nitrogen and oxygen atoms in total. The Kier molecular flexibility index (Phi) is 10.6. The van der Waals surface area contributed by atoms with Crippen LogP contribution in [0.1, 0.15) is 78.4 Å². The molecule has 0 bridgehead atoms. The Labute approximate surface area is 246 Å². The summed E-state index contributed by atoms with van der Waals surface area (Å²) < 4.78 is 17.2. The van der Waals surface area contributed by atoms with Gasteiger partial charge in [-0.1, -0.05) is 39.8 Å². The minimum Gasteiger partial charge on any atom is -0.497 e. The minimum atomic E-state index is -0.529. The zero-order valence-corrected chi connectivity index (χ0v) is 26.7. The third-order valence-corrected chi connectivity index (χ3v) is 8.61. The van der Waals surface area contributed by atoms with Crippen molar-refractivity contribution in [1.29, 1.82) is 0 Å². The van der Waals surface area contributed by atoms with E-state index in [1.165, 1.54) is 0 Å². The zero-order chi connectivity index (χ0) is 30.5. The molecule has 226 valence electrons. The molecule has 1 fully saturated rings. The Bertz CT molecular complexity index is 1220. The summed E-state index contributed by atoms with van der Waals surface area (Å²) in [5.41, 5.74) is 3.64. The van der Waals surface area contributed by atoms with Gasteiger partial charge in [-0.05, 0) is 62.8 Å². The van der Waals surface area contributed by atoms with E-state index in [-0.39, 0.29) is 24.5 Å². The lowest BCUT2D eigenvalue weighted by Crippen LogP contribution is -2.48. The Morgan fingerprint density at radius 3 is 2.41 bits per heavy atom. The highest BCUT2D eigenvalue weighted by Gasteiger charge is 2.52. The standard InChI is InChI=1S/C33H49N3O5/c1-11-26(22(5)6)27(12-2)41-21-30(37)34(8)16-15-33(13-3)29-17-23(7)31-24(18-25(39-9)19-28(31)40-10)20-35(29)32(38)36(33)14-4/h11-12,17-19,22-23H,13-16,20-21H2,1-10H3/b26-11-,27-12+/t23-,33?/m0/s1. The van der Waals surface area contributed by atoms with Crippen LogP contribution in [0, 0.1) is 5.92 Å². The summed E-state index contributed by atoms with van der Waals surface area (Å²) in [5, 5.41) is 0. The zero-order valence-electron chi connectivity index (χ0n) is 26.7. The Balaban J connectivity index is 1.87. The van der Waals surface area contributed by atoms with Crippen molar-refractivity contribution in [3.8, 4) is 11.5 Å². The number of methoxy groups -OCH3 is 2. The summed E-state index contributed by atoms with van der Waals surface area (Å²) in [7, 11) is 5.11. The van der Waals surface area contributed by atoms with Crippen molar-refractivity contribution in [2.75, 3.05) is 41.0 Å². The molecule has 0 radical (unpaired) electrons. The van der Waals surface area contributed by atoms with Gasteiger partial charge in [-0.15, -0.1) is 0 Å². The van der Waals surface area contributed by atoms with Crippen molar-refractivity contribution >= 4 is 11.9 Å². The first-order valence-electron chi connectivity index (χ1n) is 14.8. The molecule has 0 N–H and O–H groups in total. The molecule has 3 amide bonds. The molecule has 2 aliphatic rings. The number of amides is 3. The van der Waals surface area contributed by atoms with Crippen molar-refractivity contribution in [1.82, 2.24) is 14.7 Å². The molecule has 0 saturated carbocycles. The van der Waals surface area contributed by atoms with Crippen molar-refractivity contribution in [2.45, 2.75) is 79.3 Å². The highest BCUT2D eigenvalue weighted by Crippen LogP contribution is 2.47. The number of carbonyl (C=O) groups excluding carboxylic acids is 2. The summed E-state index contributed by atoms with van der Waals surface area (Å²) in [6, 6.07) is 3.90. The molecule has 1 aromatic rings. The van der Waals surface area contributed by atoms with Crippen LogP contribution in [-0.2, 0) is 16.1 Å². The van der Waals surface area contributed by atoms with Crippen LogP contribution in [0.2, 0.25) is 0 Å². The second kappa shape index (κ2) is 13.5.